The summed E-state index contributed by atoms with van der Waals surface area (Å²) in [7, 11) is -16.0. The summed E-state index contributed by atoms with van der Waals surface area (Å²) in [6.07, 6.45) is -4.54. The summed E-state index contributed by atoms with van der Waals surface area (Å²) in [5.41, 5.74) is 5.85. The predicted octanol–water partition coefficient (Wildman–Crippen LogP) is -0.571. The molecule has 7 N–H and O–H groups in total. The van der Waals surface area contributed by atoms with Crippen LogP contribution in [0.15, 0.2) is 12.7 Å². The highest BCUT2D eigenvalue weighted by Crippen LogP contribution is 2.48. The van der Waals surface area contributed by atoms with E-state index >= 15 is 0 Å². The van der Waals surface area contributed by atoms with Gasteiger partial charge in [-0.15, -0.1) is 3.97 Å². The summed E-state index contributed by atoms with van der Waals surface area (Å²) in [6.45, 7) is 9.06. The third-order valence-electron chi connectivity index (χ3n) is 5.16. The Bertz CT molecular complexity index is 1260. The van der Waals surface area contributed by atoms with Crippen molar-refractivity contribution in [1.29, 1.82) is 0 Å². The molecule has 0 radical (unpaired) electrons. The zero-order valence-electron chi connectivity index (χ0n) is 20.4. The number of nitrogens with zero attached hydrogens (tertiary/aromatic N) is 5. The summed E-state index contributed by atoms with van der Waals surface area (Å²) < 4.78 is 71.5. The number of imidazole rings is 1. The summed E-state index contributed by atoms with van der Waals surface area (Å²) in [5.74, 6) is -0.0114. The topological polar surface area (TPSA) is 279 Å². The fourth-order valence-corrected chi connectivity index (χ4v) is 5.44. The number of aliphatic hydroxyl groups excluding tert-OH is 1. The summed E-state index contributed by atoms with van der Waals surface area (Å²) in [4.78, 5) is 41.5. The van der Waals surface area contributed by atoms with Gasteiger partial charge in [0.05, 0.1) is 12.9 Å². The maximum Gasteiger partial charge on any atom is 0.488 e. The van der Waals surface area contributed by atoms with Gasteiger partial charge in [-0.25, -0.2) is 24.1 Å². The predicted molar refractivity (Wildman–Crippen MR) is 128 cm³/mol. The Morgan fingerprint density at radius 1 is 1.13 bits per heavy atom. The highest BCUT2D eigenvalue weighted by Gasteiger charge is 2.49. The summed E-state index contributed by atoms with van der Waals surface area (Å²) >= 11 is 0. The van der Waals surface area contributed by atoms with E-state index in [4.69, 9.17) is 24.8 Å². The molecule has 2 aromatic heterocycles. The number of nitrogens with two attached hydrogens (primary N) is 1. The van der Waals surface area contributed by atoms with Gasteiger partial charge < -0.3 is 35.2 Å². The number of fused-ring (bicyclic) bond motifs is 1. The molecule has 0 bridgehead atoms. The van der Waals surface area contributed by atoms with Crippen LogP contribution in [-0.2, 0) is 37.3 Å². The Morgan fingerprint density at radius 2 is 1.74 bits per heavy atom. The van der Waals surface area contributed by atoms with E-state index in [1.807, 2.05) is 0 Å². The molecule has 2 aromatic rings. The molecule has 3 rings (SSSR count). The van der Waals surface area contributed by atoms with Crippen LogP contribution in [-0.4, -0.2) is 102 Å². The first-order chi connectivity index (χ1) is 17.5. The molecule has 1 aliphatic rings. The Balaban J connectivity index is 0.000000638. The molecule has 0 aromatic carbocycles. The third kappa shape index (κ3) is 9.23. The highest BCUT2D eigenvalue weighted by molar-refractivity contribution is 7.85. The van der Waals surface area contributed by atoms with Gasteiger partial charge in [0.25, 0.3) is 0 Å². The molecule has 218 valence electrons. The second kappa shape index (κ2) is 13.1. The fourth-order valence-electron chi connectivity index (χ4n) is 3.41. The molecular weight excluding hydrogens is 578 g/mol. The molecule has 5 atom stereocenters. The number of ether oxygens (including phenoxy) is 1. The van der Waals surface area contributed by atoms with Gasteiger partial charge in [0, 0.05) is 0 Å². The van der Waals surface area contributed by atoms with Crippen LogP contribution in [0.5, 0.6) is 0 Å². The Hall–Kier alpha value is -1.64. The second-order valence-electron chi connectivity index (χ2n) is 7.59. The average Bonchev–Trinajstić information content (AvgIpc) is 3.34. The molecule has 3 heterocycles. The van der Waals surface area contributed by atoms with Crippen LogP contribution in [0, 0.1) is 0 Å². The van der Waals surface area contributed by atoms with Crippen LogP contribution < -0.4 is 5.73 Å². The second-order valence-corrected chi connectivity index (χ2v) is 11.4. The van der Waals surface area contributed by atoms with Crippen molar-refractivity contribution in [3.8, 4) is 0 Å². The van der Waals surface area contributed by atoms with Gasteiger partial charge in [-0.05, 0) is 19.6 Å². The van der Waals surface area contributed by atoms with Crippen LogP contribution >= 0.6 is 15.6 Å². The number of aromatic nitrogens is 4. The van der Waals surface area contributed by atoms with Crippen LogP contribution in [0.1, 0.15) is 27.0 Å². The summed E-state index contributed by atoms with van der Waals surface area (Å²) in [6, 6.07) is 0. The van der Waals surface area contributed by atoms with Crippen LogP contribution in [0.2, 0.25) is 0 Å². The Morgan fingerprint density at radius 3 is 2.24 bits per heavy atom. The monoisotopic (exact) mass is 608 g/mol. The maximum absolute atomic E-state index is 11.6. The SMILES string of the molecule is CCN(CC)CC.Nc1ncnc2c1ncn2[C@@H]1O[C@H](COP(=O)(O)OS(=O)(=O)O)[C@@H](OP(=O)(O)O)[C@H]1O. The first-order valence-corrected chi connectivity index (χ1v) is 15.3. The minimum absolute atomic E-state index is 0.0114. The Labute approximate surface area is 217 Å². The van der Waals surface area contributed by atoms with Gasteiger partial charge in [0.2, 0.25) is 0 Å². The number of phosphoric acid groups is 2. The van der Waals surface area contributed by atoms with Crippen molar-refractivity contribution in [2.45, 2.75) is 45.3 Å². The highest BCUT2D eigenvalue weighted by atomic mass is 32.3. The number of hydrogen-bond acceptors (Lipinski definition) is 14. The van der Waals surface area contributed by atoms with Crippen LogP contribution in [0.4, 0.5) is 5.82 Å². The van der Waals surface area contributed by atoms with E-state index in [0.29, 0.717) is 0 Å². The number of nitrogen functional groups attached to an aromatic ring is 1. The lowest BCUT2D eigenvalue weighted by atomic mass is 10.1. The van der Waals surface area contributed by atoms with Crippen molar-refractivity contribution in [3.63, 3.8) is 0 Å². The smallest absolute Gasteiger partial charge is 0.386 e. The standard InChI is InChI=1S/C10H15N5O13P2S.C6H15N/c11-8-5-9(13-2-12-8)15(3-14-5)10-6(16)7(27-29(17,18)19)4(26-10)1-25-30(20,21)28-31(22,23)24;1-4-7(5-2)6-3/h2-4,6-7,10,16H,1H2,(H,20,21)(H2,11,12,13)(H2,17,18,19)(H,22,23,24);4-6H2,1-3H3/t4-,6-,7-,10-;/m1./s1. The van der Waals surface area contributed by atoms with Gasteiger partial charge in [-0.3, -0.25) is 18.2 Å². The van der Waals surface area contributed by atoms with Crippen molar-refractivity contribution in [3.05, 3.63) is 12.7 Å². The van der Waals surface area contributed by atoms with E-state index in [2.05, 4.69) is 53.6 Å². The first kappa shape index (κ1) is 32.6. The molecule has 1 saturated heterocycles. The minimum Gasteiger partial charge on any atom is -0.386 e. The van der Waals surface area contributed by atoms with E-state index < -0.39 is 57.2 Å². The molecule has 1 unspecified atom stereocenters. The van der Waals surface area contributed by atoms with E-state index in [1.54, 1.807) is 0 Å². The van der Waals surface area contributed by atoms with Crippen molar-refractivity contribution < 1.29 is 59.6 Å². The molecule has 19 nitrogen and oxygen atoms in total. The zero-order chi connectivity index (χ0) is 28.9. The number of aliphatic hydroxyl groups is 1. The van der Waals surface area contributed by atoms with Crippen molar-refractivity contribution in [2.75, 3.05) is 32.0 Å². The van der Waals surface area contributed by atoms with E-state index in [1.165, 1.54) is 19.6 Å². The molecule has 38 heavy (non-hydrogen) atoms. The van der Waals surface area contributed by atoms with Gasteiger partial charge in [-0.1, -0.05) is 20.8 Å². The zero-order valence-corrected chi connectivity index (χ0v) is 23.0. The lowest BCUT2D eigenvalue weighted by Crippen LogP contribution is -2.35. The van der Waals surface area contributed by atoms with Gasteiger partial charge >= 0.3 is 26.0 Å². The maximum atomic E-state index is 11.6. The molecule has 0 amide bonds. The van der Waals surface area contributed by atoms with E-state index in [-0.39, 0.29) is 17.0 Å². The molecule has 1 aliphatic heterocycles. The normalized spacial score (nSPS) is 23.8. The number of phosphoric ester groups is 2. The van der Waals surface area contributed by atoms with Crippen molar-refractivity contribution in [1.82, 2.24) is 24.4 Å². The number of hydrogen-bond donors (Lipinski definition) is 6. The quantitative estimate of drug-likeness (QED) is 0.137. The molecule has 1 fully saturated rings. The van der Waals surface area contributed by atoms with Gasteiger partial charge in [0.1, 0.15) is 30.2 Å². The molecular formula is C16H30N6O13P2S. The average molecular weight is 608 g/mol. The largest absolute Gasteiger partial charge is 0.488 e. The minimum atomic E-state index is -5.39. The molecule has 0 saturated carbocycles. The molecule has 22 heteroatoms. The fraction of sp³-hybridized carbons (Fsp3) is 0.688. The van der Waals surface area contributed by atoms with Gasteiger partial charge in [0.15, 0.2) is 17.7 Å². The van der Waals surface area contributed by atoms with E-state index in [9.17, 15) is 27.5 Å². The van der Waals surface area contributed by atoms with Crippen molar-refractivity contribution >= 4 is 43.0 Å². The first-order valence-electron chi connectivity index (χ1n) is 10.9. The van der Waals surface area contributed by atoms with Crippen LogP contribution in [0.3, 0.4) is 0 Å². The number of rotatable bonds is 11. The van der Waals surface area contributed by atoms with E-state index in [0.717, 1.165) is 17.2 Å². The van der Waals surface area contributed by atoms with Crippen molar-refractivity contribution in [2.24, 2.45) is 0 Å². The number of anilines is 1. The van der Waals surface area contributed by atoms with Gasteiger partial charge in [-0.2, -0.15) is 8.42 Å². The molecule has 0 spiro atoms. The Kier molecular flexibility index (Phi) is 11.3. The lowest BCUT2D eigenvalue weighted by molar-refractivity contribution is -0.0499. The van der Waals surface area contributed by atoms with Crippen LogP contribution in [0.25, 0.3) is 11.2 Å². The third-order valence-corrected chi connectivity index (χ3v) is 7.66. The molecule has 0 aliphatic carbocycles. The lowest BCUT2D eigenvalue weighted by Gasteiger charge is -2.21. The summed E-state index contributed by atoms with van der Waals surface area (Å²) in [5, 5.41) is 10.5.